The molecule has 0 heterocycles. The Bertz CT molecular complexity index is 212. The molecule has 0 aromatic carbocycles. The minimum Gasteiger partial charge on any atom is -0.370 e. The van der Waals surface area contributed by atoms with Crippen molar-refractivity contribution in [1.29, 1.82) is 0 Å². The first-order chi connectivity index (χ1) is 7.33. The van der Waals surface area contributed by atoms with Gasteiger partial charge in [-0.05, 0) is 18.8 Å². The van der Waals surface area contributed by atoms with Gasteiger partial charge in [0.1, 0.15) is 0 Å². The molecule has 86 valence electrons. The first kappa shape index (κ1) is 12.4. The van der Waals surface area contributed by atoms with Crippen molar-refractivity contribution in [2.75, 3.05) is 24.6 Å². The van der Waals surface area contributed by atoms with Gasteiger partial charge in [-0.15, -0.1) is 6.58 Å². The fourth-order valence-corrected chi connectivity index (χ4v) is 1.96. The first-order valence-corrected chi connectivity index (χ1v) is 6.71. The smallest absolute Gasteiger partial charge is 0.188 e. The Morgan fingerprint density at radius 2 is 2.40 bits per heavy atom. The summed E-state index contributed by atoms with van der Waals surface area (Å²) in [5.41, 5.74) is 5.72. The van der Waals surface area contributed by atoms with Crippen LogP contribution >= 0.6 is 11.8 Å². The predicted molar refractivity (Wildman–Crippen MR) is 69.4 cm³/mol. The SMILES string of the molecule is C=CCSCCNC(N)=NCC1CCC1. The van der Waals surface area contributed by atoms with Gasteiger partial charge in [-0.1, -0.05) is 12.5 Å². The quantitative estimate of drug-likeness (QED) is 0.301. The number of aliphatic imine (C=N–C) groups is 1. The normalized spacial score (nSPS) is 17.2. The predicted octanol–water partition coefficient (Wildman–Crippen LogP) is 1.61. The molecule has 0 aliphatic heterocycles. The van der Waals surface area contributed by atoms with Crippen molar-refractivity contribution in [2.24, 2.45) is 16.6 Å². The molecule has 1 aliphatic rings. The average molecular weight is 227 g/mol. The number of hydrogen-bond donors (Lipinski definition) is 2. The summed E-state index contributed by atoms with van der Waals surface area (Å²) in [6.45, 7) is 5.46. The van der Waals surface area contributed by atoms with E-state index in [0.29, 0.717) is 5.96 Å². The Morgan fingerprint density at radius 3 is 3.00 bits per heavy atom. The summed E-state index contributed by atoms with van der Waals surface area (Å²) in [4.78, 5) is 4.32. The van der Waals surface area contributed by atoms with Crippen LogP contribution in [0.25, 0.3) is 0 Å². The lowest BCUT2D eigenvalue weighted by Crippen LogP contribution is -2.34. The van der Waals surface area contributed by atoms with E-state index in [2.05, 4.69) is 16.9 Å². The van der Waals surface area contributed by atoms with Crippen LogP contribution in [0.1, 0.15) is 19.3 Å². The molecule has 0 atom stereocenters. The number of hydrogen-bond acceptors (Lipinski definition) is 2. The van der Waals surface area contributed by atoms with Crippen LogP contribution in [0.2, 0.25) is 0 Å². The van der Waals surface area contributed by atoms with Crippen molar-refractivity contribution in [2.45, 2.75) is 19.3 Å². The maximum absolute atomic E-state index is 5.72. The molecule has 1 aliphatic carbocycles. The van der Waals surface area contributed by atoms with Crippen molar-refractivity contribution in [3.63, 3.8) is 0 Å². The zero-order chi connectivity index (χ0) is 10.9. The van der Waals surface area contributed by atoms with Crippen molar-refractivity contribution in [3.05, 3.63) is 12.7 Å². The minimum absolute atomic E-state index is 0.598. The standard InChI is InChI=1S/C11H21N3S/c1-2-7-15-8-6-13-11(12)14-9-10-4-3-5-10/h2,10H,1,3-9H2,(H3,12,13,14). The van der Waals surface area contributed by atoms with Crippen LogP contribution in [0.3, 0.4) is 0 Å². The zero-order valence-electron chi connectivity index (χ0n) is 9.24. The maximum Gasteiger partial charge on any atom is 0.188 e. The summed E-state index contributed by atoms with van der Waals surface area (Å²) in [5.74, 6) is 3.44. The van der Waals surface area contributed by atoms with Crippen LogP contribution < -0.4 is 11.1 Å². The molecule has 0 aromatic heterocycles. The van der Waals surface area contributed by atoms with Gasteiger partial charge in [0.25, 0.3) is 0 Å². The van der Waals surface area contributed by atoms with Gasteiger partial charge in [0.2, 0.25) is 0 Å². The van der Waals surface area contributed by atoms with Gasteiger partial charge < -0.3 is 11.1 Å². The molecular formula is C11H21N3S. The Hall–Kier alpha value is -0.640. The van der Waals surface area contributed by atoms with Crippen LogP contribution in [-0.4, -0.2) is 30.6 Å². The molecule has 1 rings (SSSR count). The molecule has 0 bridgehead atoms. The summed E-state index contributed by atoms with van der Waals surface area (Å²) in [7, 11) is 0. The molecule has 0 unspecified atom stereocenters. The van der Waals surface area contributed by atoms with Crippen molar-refractivity contribution >= 4 is 17.7 Å². The summed E-state index contributed by atoms with van der Waals surface area (Å²) < 4.78 is 0. The van der Waals surface area contributed by atoms with E-state index in [4.69, 9.17) is 5.73 Å². The lowest BCUT2D eigenvalue weighted by molar-refractivity contribution is 0.326. The number of rotatable bonds is 7. The molecule has 3 N–H and O–H groups in total. The van der Waals surface area contributed by atoms with E-state index in [1.165, 1.54) is 19.3 Å². The van der Waals surface area contributed by atoms with E-state index < -0.39 is 0 Å². The van der Waals surface area contributed by atoms with E-state index in [1.54, 1.807) is 0 Å². The highest BCUT2D eigenvalue weighted by Crippen LogP contribution is 2.26. The van der Waals surface area contributed by atoms with E-state index in [1.807, 2.05) is 17.8 Å². The Balaban J connectivity index is 1.96. The topological polar surface area (TPSA) is 50.4 Å². The monoisotopic (exact) mass is 227 g/mol. The minimum atomic E-state index is 0.598. The second kappa shape index (κ2) is 7.63. The molecule has 0 radical (unpaired) electrons. The molecular weight excluding hydrogens is 206 g/mol. The molecule has 0 saturated heterocycles. The fraction of sp³-hybridized carbons (Fsp3) is 0.727. The van der Waals surface area contributed by atoms with Crippen LogP contribution in [0, 0.1) is 5.92 Å². The molecule has 0 spiro atoms. The number of nitrogens with two attached hydrogens (primary N) is 1. The van der Waals surface area contributed by atoms with Gasteiger partial charge >= 0.3 is 0 Å². The van der Waals surface area contributed by atoms with Gasteiger partial charge in [0.05, 0.1) is 0 Å². The highest BCUT2D eigenvalue weighted by atomic mass is 32.2. The van der Waals surface area contributed by atoms with Gasteiger partial charge in [0.15, 0.2) is 5.96 Å². The van der Waals surface area contributed by atoms with Gasteiger partial charge in [-0.3, -0.25) is 4.99 Å². The average Bonchev–Trinajstić information content (AvgIpc) is 2.15. The van der Waals surface area contributed by atoms with Crippen LogP contribution in [0.5, 0.6) is 0 Å². The highest BCUT2D eigenvalue weighted by Gasteiger charge is 2.16. The third kappa shape index (κ3) is 5.72. The molecule has 3 nitrogen and oxygen atoms in total. The number of nitrogens with one attached hydrogen (secondary N) is 1. The molecule has 0 aromatic rings. The van der Waals surface area contributed by atoms with Crippen LogP contribution in [0.4, 0.5) is 0 Å². The van der Waals surface area contributed by atoms with E-state index in [0.717, 1.165) is 30.5 Å². The van der Waals surface area contributed by atoms with Crippen LogP contribution in [-0.2, 0) is 0 Å². The Labute approximate surface area is 96.6 Å². The highest BCUT2D eigenvalue weighted by molar-refractivity contribution is 7.99. The van der Waals surface area contributed by atoms with E-state index in [-0.39, 0.29) is 0 Å². The second-order valence-corrected chi connectivity index (χ2v) is 4.96. The lowest BCUT2D eigenvalue weighted by Gasteiger charge is -2.23. The van der Waals surface area contributed by atoms with Crippen molar-refractivity contribution in [1.82, 2.24) is 5.32 Å². The number of guanidine groups is 1. The zero-order valence-corrected chi connectivity index (χ0v) is 10.1. The maximum atomic E-state index is 5.72. The van der Waals surface area contributed by atoms with Gasteiger partial charge in [0, 0.05) is 24.6 Å². The first-order valence-electron chi connectivity index (χ1n) is 5.55. The molecule has 0 amide bonds. The summed E-state index contributed by atoms with van der Waals surface area (Å²) in [6.07, 6.45) is 5.93. The molecule has 1 saturated carbocycles. The van der Waals surface area contributed by atoms with Crippen molar-refractivity contribution < 1.29 is 0 Å². The summed E-state index contributed by atoms with van der Waals surface area (Å²) in [5, 5.41) is 3.12. The number of nitrogens with zero attached hydrogens (tertiary/aromatic N) is 1. The molecule has 15 heavy (non-hydrogen) atoms. The fourth-order valence-electron chi connectivity index (χ4n) is 1.38. The summed E-state index contributed by atoms with van der Waals surface area (Å²) in [6, 6.07) is 0. The van der Waals surface area contributed by atoms with Gasteiger partial charge in [-0.2, -0.15) is 11.8 Å². The second-order valence-electron chi connectivity index (χ2n) is 3.81. The summed E-state index contributed by atoms with van der Waals surface area (Å²) >= 11 is 1.84. The third-order valence-corrected chi connectivity index (χ3v) is 3.50. The van der Waals surface area contributed by atoms with E-state index in [9.17, 15) is 0 Å². The Kier molecular flexibility index (Phi) is 6.32. The van der Waals surface area contributed by atoms with Crippen molar-refractivity contribution in [3.8, 4) is 0 Å². The Morgan fingerprint density at radius 1 is 1.60 bits per heavy atom. The molecule has 4 heteroatoms. The van der Waals surface area contributed by atoms with Crippen LogP contribution in [0.15, 0.2) is 17.6 Å². The number of thioether (sulfide) groups is 1. The third-order valence-electron chi connectivity index (χ3n) is 2.53. The van der Waals surface area contributed by atoms with Gasteiger partial charge in [-0.25, -0.2) is 0 Å². The van der Waals surface area contributed by atoms with E-state index >= 15 is 0 Å². The lowest BCUT2D eigenvalue weighted by atomic mass is 9.86. The molecule has 1 fully saturated rings. The largest absolute Gasteiger partial charge is 0.370 e.